The highest BCUT2D eigenvalue weighted by Gasteiger charge is 2.39. The van der Waals surface area contributed by atoms with Gasteiger partial charge >= 0.3 is 0 Å². The van der Waals surface area contributed by atoms with Crippen molar-refractivity contribution in [2.24, 2.45) is 0 Å². The molecule has 0 fully saturated rings. The van der Waals surface area contributed by atoms with Gasteiger partial charge in [0.05, 0.1) is 5.92 Å². The summed E-state index contributed by atoms with van der Waals surface area (Å²) in [6.07, 6.45) is 6.74. The van der Waals surface area contributed by atoms with Gasteiger partial charge in [-0.2, -0.15) is 0 Å². The molecule has 6 heteroatoms. The molecule has 1 aliphatic rings. The van der Waals surface area contributed by atoms with Gasteiger partial charge in [0.15, 0.2) is 5.82 Å². The maximum Gasteiger partial charge on any atom is 0.156 e. The second-order valence-corrected chi connectivity index (χ2v) is 9.01. The summed E-state index contributed by atoms with van der Waals surface area (Å²) in [7, 11) is 0. The highest BCUT2D eigenvalue weighted by Crippen LogP contribution is 2.49. The van der Waals surface area contributed by atoms with Crippen LogP contribution in [-0.4, -0.2) is 31.3 Å². The summed E-state index contributed by atoms with van der Waals surface area (Å²) in [5, 5.41) is 25.3. The van der Waals surface area contributed by atoms with Crippen LogP contribution in [0, 0.1) is 0 Å². The van der Waals surface area contributed by atoms with Gasteiger partial charge in [-0.3, -0.25) is 0 Å². The van der Waals surface area contributed by atoms with Crippen molar-refractivity contribution in [1.29, 1.82) is 0 Å². The van der Waals surface area contributed by atoms with E-state index >= 15 is 0 Å². The molecule has 1 aliphatic heterocycles. The van der Waals surface area contributed by atoms with Crippen molar-refractivity contribution in [2.75, 3.05) is 0 Å². The van der Waals surface area contributed by atoms with Crippen molar-refractivity contribution in [3.63, 3.8) is 0 Å². The molecule has 0 spiro atoms. The zero-order chi connectivity index (χ0) is 19.7. The Balaban J connectivity index is 1.94. The van der Waals surface area contributed by atoms with Crippen molar-refractivity contribution >= 4 is 0 Å². The lowest BCUT2D eigenvalue weighted by molar-refractivity contribution is 0.0749. The molecular formula is C21H32N4O2. The number of hydrogen-bond donors (Lipinski definition) is 2. The number of rotatable bonds is 7. The Bertz CT molecular complexity index is 769. The number of nitrogens with zero attached hydrogens (tertiary/aromatic N) is 3. The maximum absolute atomic E-state index is 10.9. The Morgan fingerprint density at radius 1 is 1.26 bits per heavy atom. The summed E-state index contributed by atoms with van der Waals surface area (Å²) in [6.45, 7) is 10.8. The van der Waals surface area contributed by atoms with Gasteiger partial charge in [-0.25, -0.2) is 5.10 Å². The Hall–Kier alpha value is -2.11. The molecule has 0 radical (unpaired) electrons. The van der Waals surface area contributed by atoms with E-state index in [0.29, 0.717) is 12.2 Å². The number of hydrogen-bond acceptors (Lipinski definition) is 5. The lowest BCUT2D eigenvalue weighted by Crippen LogP contribution is -2.36. The third kappa shape index (κ3) is 4.25. The lowest BCUT2D eigenvalue weighted by atomic mass is 9.77. The van der Waals surface area contributed by atoms with Gasteiger partial charge in [-0.1, -0.05) is 46.5 Å². The van der Waals surface area contributed by atoms with Crippen LogP contribution in [0.2, 0.25) is 0 Å². The number of aromatic hydroxyl groups is 1. The fourth-order valence-electron chi connectivity index (χ4n) is 4.06. The fraction of sp³-hybridized carbons (Fsp3) is 0.667. The number of phenolic OH excluding ortho intramolecular Hbond substituents is 1. The first-order valence-corrected chi connectivity index (χ1v) is 10.0. The van der Waals surface area contributed by atoms with E-state index in [0.717, 1.165) is 23.3 Å². The zero-order valence-electron chi connectivity index (χ0n) is 17.2. The molecule has 0 bridgehead atoms. The number of aromatic amines is 1. The Labute approximate surface area is 161 Å². The quantitative estimate of drug-likeness (QED) is 0.679. The van der Waals surface area contributed by atoms with E-state index in [1.165, 1.54) is 25.7 Å². The fourth-order valence-corrected chi connectivity index (χ4v) is 4.06. The van der Waals surface area contributed by atoms with Crippen molar-refractivity contribution in [2.45, 2.75) is 90.1 Å². The smallest absolute Gasteiger partial charge is 0.156 e. The van der Waals surface area contributed by atoms with E-state index in [2.05, 4.69) is 61.3 Å². The molecule has 0 aliphatic carbocycles. The predicted molar refractivity (Wildman–Crippen MR) is 105 cm³/mol. The molecule has 2 heterocycles. The third-order valence-corrected chi connectivity index (χ3v) is 5.68. The van der Waals surface area contributed by atoms with Crippen LogP contribution in [0.5, 0.6) is 11.5 Å². The molecule has 0 saturated carbocycles. The number of ether oxygens (including phenoxy) is 1. The maximum atomic E-state index is 10.9. The largest absolute Gasteiger partial charge is 0.507 e. The summed E-state index contributed by atoms with van der Waals surface area (Å²) >= 11 is 0. The van der Waals surface area contributed by atoms with E-state index in [1.807, 2.05) is 6.07 Å². The summed E-state index contributed by atoms with van der Waals surface area (Å²) in [5.74, 6) is 1.56. The van der Waals surface area contributed by atoms with E-state index in [4.69, 9.17) is 4.74 Å². The van der Waals surface area contributed by atoms with E-state index in [9.17, 15) is 5.11 Å². The molecule has 1 aromatic heterocycles. The molecule has 0 saturated heterocycles. The summed E-state index contributed by atoms with van der Waals surface area (Å²) in [6, 6.07) is 4.00. The Morgan fingerprint density at radius 2 is 2.04 bits per heavy atom. The normalized spacial score (nSPS) is 18.8. The number of benzene rings is 1. The first kappa shape index (κ1) is 19.6. The van der Waals surface area contributed by atoms with E-state index in [-0.39, 0.29) is 22.7 Å². The van der Waals surface area contributed by atoms with Gasteiger partial charge < -0.3 is 9.84 Å². The van der Waals surface area contributed by atoms with Crippen LogP contribution < -0.4 is 4.74 Å². The van der Waals surface area contributed by atoms with Crippen molar-refractivity contribution in [3.05, 3.63) is 29.1 Å². The lowest BCUT2D eigenvalue weighted by Gasteiger charge is -2.38. The average Bonchev–Trinajstić information content (AvgIpc) is 3.11. The highest BCUT2D eigenvalue weighted by molar-refractivity contribution is 5.54. The highest BCUT2D eigenvalue weighted by atomic mass is 16.5. The summed E-state index contributed by atoms with van der Waals surface area (Å²) < 4.78 is 6.26. The minimum Gasteiger partial charge on any atom is -0.507 e. The second-order valence-electron chi connectivity index (χ2n) is 9.01. The molecule has 2 N–H and O–H groups in total. The van der Waals surface area contributed by atoms with Crippen LogP contribution in [0.3, 0.4) is 0 Å². The molecule has 3 rings (SSSR count). The number of tetrazole rings is 1. The molecule has 2 aromatic rings. The predicted octanol–water partition coefficient (Wildman–Crippen LogP) is 4.85. The first-order valence-electron chi connectivity index (χ1n) is 10.0. The average molecular weight is 373 g/mol. The monoisotopic (exact) mass is 372 g/mol. The number of H-pyrrole nitrogens is 1. The third-order valence-electron chi connectivity index (χ3n) is 5.68. The molecule has 6 nitrogen and oxygen atoms in total. The number of phenols is 1. The van der Waals surface area contributed by atoms with Crippen LogP contribution in [0.25, 0.3) is 0 Å². The van der Waals surface area contributed by atoms with Gasteiger partial charge in [0.1, 0.15) is 17.1 Å². The molecule has 1 aromatic carbocycles. The van der Waals surface area contributed by atoms with Crippen LogP contribution in [0.4, 0.5) is 0 Å². The summed E-state index contributed by atoms with van der Waals surface area (Å²) in [5.41, 5.74) is 1.51. The van der Waals surface area contributed by atoms with Crippen molar-refractivity contribution in [3.8, 4) is 11.5 Å². The first-order chi connectivity index (χ1) is 12.7. The molecule has 1 unspecified atom stereocenters. The van der Waals surface area contributed by atoms with E-state index < -0.39 is 0 Å². The SMILES string of the molecule is CCCCCCC(C)(C)c1cc(O)c2c(c1)OC(C)(C)CC2c1nnn[nH]1. The van der Waals surface area contributed by atoms with Gasteiger partial charge in [-0.15, -0.1) is 5.10 Å². The molecule has 0 amide bonds. The van der Waals surface area contributed by atoms with Crippen LogP contribution in [0.15, 0.2) is 12.1 Å². The van der Waals surface area contributed by atoms with Gasteiger partial charge in [0.2, 0.25) is 0 Å². The topological polar surface area (TPSA) is 83.9 Å². The Morgan fingerprint density at radius 3 is 2.70 bits per heavy atom. The second kappa shape index (κ2) is 7.49. The Kier molecular flexibility index (Phi) is 5.45. The molecular weight excluding hydrogens is 340 g/mol. The molecule has 148 valence electrons. The van der Waals surface area contributed by atoms with E-state index in [1.54, 1.807) is 0 Å². The summed E-state index contributed by atoms with van der Waals surface area (Å²) in [4.78, 5) is 0. The molecule has 27 heavy (non-hydrogen) atoms. The number of aromatic nitrogens is 4. The molecule has 1 atom stereocenters. The zero-order valence-corrected chi connectivity index (χ0v) is 17.2. The minimum absolute atomic E-state index is 0.0194. The van der Waals surface area contributed by atoms with Crippen molar-refractivity contribution in [1.82, 2.24) is 20.6 Å². The number of unbranched alkanes of at least 4 members (excludes halogenated alkanes) is 3. The standard InChI is InChI=1S/C21H32N4O2/c1-6-7-8-9-10-20(2,3)14-11-16(26)18-15(19-22-24-25-23-19)13-21(4,5)27-17(18)12-14/h11-12,15,26H,6-10,13H2,1-5H3,(H,22,23,24,25). The number of fused-ring (bicyclic) bond motifs is 1. The van der Waals surface area contributed by atoms with Gasteiger partial charge in [0.25, 0.3) is 0 Å². The minimum atomic E-state index is -0.360. The van der Waals surface area contributed by atoms with Crippen LogP contribution in [0.1, 0.15) is 96.0 Å². The van der Waals surface area contributed by atoms with Gasteiger partial charge in [0, 0.05) is 12.0 Å². The van der Waals surface area contributed by atoms with Crippen LogP contribution in [-0.2, 0) is 5.41 Å². The van der Waals surface area contributed by atoms with Crippen LogP contribution >= 0.6 is 0 Å². The van der Waals surface area contributed by atoms with Gasteiger partial charge in [-0.05, 0) is 53.8 Å². The number of nitrogens with one attached hydrogen (secondary N) is 1. The van der Waals surface area contributed by atoms with Crippen molar-refractivity contribution < 1.29 is 9.84 Å².